The van der Waals surface area contributed by atoms with Crippen LogP contribution in [0, 0.1) is 5.92 Å². The third-order valence-corrected chi connectivity index (χ3v) is 4.91. The first-order chi connectivity index (χ1) is 8.44. The van der Waals surface area contributed by atoms with E-state index in [0.29, 0.717) is 11.8 Å². The molecule has 0 saturated carbocycles. The highest BCUT2D eigenvalue weighted by molar-refractivity contribution is 9.09. The molecule has 0 aromatic heterocycles. The Kier molecular flexibility index (Phi) is 6.32. The van der Waals surface area contributed by atoms with Crippen LogP contribution in [0.4, 0.5) is 0 Å². The molecule has 0 fully saturated rings. The van der Waals surface area contributed by atoms with E-state index in [0.717, 1.165) is 5.56 Å². The van der Waals surface area contributed by atoms with Gasteiger partial charge in [0, 0.05) is 11.4 Å². The van der Waals surface area contributed by atoms with Crippen LogP contribution in [0.25, 0.3) is 0 Å². The summed E-state index contributed by atoms with van der Waals surface area (Å²) < 4.78 is 26.6. The first kappa shape index (κ1) is 15.7. The molecule has 0 saturated heterocycles. The van der Waals surface area contributed by atoms with Crippen LogP contribution in [0.15, 0.2) is 30.3 Å². The lowest BCUT2D eigenvalue weighted by atomic mass is 10.1. The molecular formula is C13H20BrNO2S. The van der Waals surface area contributed by atoms with Gasteiger partial charge >= 0.3 is 0 Å². The van der Waals surface area contributed by atoms with Crippen molar-refractivity contribution in [3.63, 3.8) is 0 Å². The maximum atomic E-state index is 11.9. The molecule has 18 heavy (non-hydrogen) atoms. The van der Waals surface area contributed by atoms with Gasteiger partial charge < -0.3 is 0 Å². The molecule has 5 heteroatoms. The maximum absolute atomic E-state index is 11.9. The van der Waals surface area contributed by atoms with Gasteiger partial charge in [0.1, 0.15) is 0 Å². The number of alkyl halides is 1. The van der Waals surface area contributed by atoms with E-state index in [4.69, 9.17) is 0 Å². The quantitative estimate of drug-likeness (QED) is 0.779. The lowest BCUT2D eigenvalue weighted by molar-refractivity contribution is 0.483. The fourth-order valence-corrected chi connectivity index (χ4v) is 4.10. The summed E-state index contributed by atoms with van der Waals surface area (Å²) in [7, 11) is -3.22. The van der Waals surface area contributed by atoms with Crippen molar-refractivity contribution in [2.75, 3.05) is 11.1 Å². The van der Waals surface area contributed by atoms with Crippen LogP contribution in [0.3, 0.4) is 0 Å². The summed E-state index contributed by atoms with van der Waals surface area (Å²) in [5.74, 6) is 0.406. The van der Waals surface area contributed by atoms with Crippen molar-refractivity contribution in [1.82, 2.24) is 4.72 Å². The van der Waals surface area contributed by atoms with Gasteiger partial charge in [-0.15, -0.1) is 0 Å². The molecular weight excluding hydrogens is 314 g/mol. The first-order valence-corrected chi connectivity index (χ1v) is 8.82. The van der Waals surface area contributed by atoms with Gasteiger partial charge in [0.05, 0.1) is 5.75 Å². The SMILES string of the molecule is CC(C)C(CBr)NS(=O)(=O)CCc1ccccc1. The molecule has 0 spiro atoms. The molecule has 0 amide bonds. The Labute approximate surface area is 118 Å². The summed E-state index contributed by atoms with van der Waals surface area (Å²) >= 11 is 3.34. The Balaban J connectivity index is 2.55. The Morgan fingerprint density at radius 2 is 1.83 bits per heavy atom. The summed E-state index contributed by atoms with van der Waals surface area (Å²) in [5.41, 5.74) is 1.04. The zero-order valence-corrected chi connectivity index (χ0v) is 13.2. The van der Waals surface area contributed by atoms with Crippen molar-refractivity contribution < 1.29 is 8.42 Å². The summed E-state index contributed by atoms with van der Waals surface area (Å²) in [4.78, 5) is 0. The first-order valence-electron chi connectivity index (χ1n) is 6.04. The molecule has 0 radical (unpaired) electrons. The second-order valence-corrected chi connectivity index (χ2v) is 7.20. The Morgan fingerprint density at radius 3 is 2.33 bits per heavy atom. The van der Waals surface area contributed by atoms with Crippen molar-refractivity contribution in [2.24, 2.45) is 5.92 Å². The Hall–Kier alpha value is -0.390. The standard InChI is InChI=1S/C13H20BrNO2S/c1-11(2)13(10-14)15-18(16,17)9-8-12-6-4-3-5-7-12/h3-7,11,13,15H,8-10H2,1-2H3. The third-order valence-electron chi connectivity index (χ3n) is 2.80. The minimum absolute atomic E-state index is 0.0502. The van der Waals surface area contributed by atoms with E-state index in [1.54, 1.807) is 0 Å². The van der Waals surface area contributed by atoms with Crippen LogP contribution in [-0.2, 0) is 16.4 Å². The highest BCUT2D eigenvalue weighted by atomic mass is 79.9. The Bertz CT molecular complexity index is 445. The van der Waals surface area contributed by atoms with Crippen LogP contribution < -0.4 is 4.72 Å². The molecule has 102 valence electrons. The van der Waals surface area contributed by atoms with Gasteiger partial charge in [0.2, 0.25) is 10.0 Å². The summed E-state index contributed by atoms with van der Waals surface area (Å²) in [5, 5.41) is 0.634. The van der Waals surface area contributed by atoms with Gasteiger partial charge in [-0.3, -0.25) is 0 Å². The van der Waals surface area contributed by atoms with Crippen LogP contribution in [0.5, 0.6) is 0 Å². The highest BCUT2D eigenvalue weighted by Gasteiger charge is 2.19. The van der Waals surface area contributed by atoms with E-state index < -0.39 is 10.0 Å². The number of nitrogens with one attached hydrogen (secondary N) is 1. The summed E-state index contributed by atoms with van der Waals surface area (Å²) in [6, 6.07) is 9.61. The van der Waals surface area contributed by atoms with Crippen molar-refractivity contribution in [3.8, 4) is 0 Å². The van der Waals surface area contributed by atoms with E-state index in [1.807, 2.05) is 44.2 Å². The molecule has 1 atom stereocenters. The second-order valence-electron chi connectivity index (χ2n) is 4.68. The fourth-order valence-electron chi connectivity index (χ4n) is 1.53. The monoisotopic (exact) mass is 333 g/mol. The number of hydrogen-bond acceptors (Lipinski definition) is 2. The lowest BCUT2D eigenvalue weighted by Gasteiger charge is -2.19. The van der Waals surface area contributed by atoms with Crippen molar-refractivity contribution in [1.29, 1.82) is 0 Å². The third kappa shape index (κ3) is 5.50. The molecule has 1 unspecified atom stereocenters. The summed E-state index contributed by atoms with van der Waals surface area (Å²) in [6.45, 7) is 4.01. The normalized spacial score (nSPS) is 13.8. The molecule has 0 aliphatic carbocycles. The molecule has 1 N–H and O–H groups in total. The minimum Gasteiger partial charge on any atom is -0.212 e. The average Bonchev–Trinajstić information content (AvgIpc) is 2.35. The van der Waals surface area contributed by atoms with E-state index in [-0.39, 0.29) is 17.7 Å². The lowest BCUT2D eigenvalue weighted by Crippen LogP contribution is -2.41. The second kappa shape index (κ2) is 7.26. The molecule has 1 rings (SSSR count). The van der Waals surface area contributed by atoms with E-state index in [1.165, 1.54) is 0 Å². The molecule has 0 aliphatic heterocycles. The molecule has 1 aromatic rings. The van der Waals surface area contributed by atoms with Crippen LogP contribution >= 0.6 is 15.9 Å². The van der Waals surface area contributed by atoms with Gasteiger partial charge in [-0.1, -0.05) is 60.1 Å². The van der Waals surface area contributed by atoms with Gasteiger partial charge in [-0.2, -0.15) is 0 Å². The number of benzene rings is 1. The van der Waals surface area contributed by atoms with Crippen molar-refractivity contribution in [3.05, 3.63) is 35.9 Å². The summed E-state index contributed by atoms with van der Waals surface area (Å²) in [6.07, 6.45) is 0.545. The molecule has 0 bridgehead atoms. The van der Waals surface area contributed by atoms with Crippen LogP contribution in [0.1, 0.15) is 19.4 Å². The number of hydrogen-bond donors (Lipinski definition) is 1. The highest BCUT2D eigenvalue weighted by Crippen LogP contribution is 2.08. The Morgan fingerprint density at radius 1 is 1.22 bits per heavy atom. The minimum atomic E-state index is -3.22. The number of aryl methyl sites for hydroxylation is 1. The maximum Gasteiger partial charge on any atom is 0.212 e. The largest absolute Gasteiger partial charge is 0.212 e. The van der Waals surface area contributed by atoms with Crippen molar-refractivity contribution in [2.45, 2.75) is 26.3 Å². The topological polar surface area (TPSA) is 46.2 Å². The van der Waals surface area contributed by atoms with Crippen molar-refractivity contribution >= 4 is 26.0 Å². The number of halogens is 1. The van der Waals surface area contributed by atoms with Crippen LogP contribution in [0.2, 0.25) is 0 Å². The molecule has 0 heterocycles. The molecule has 0 aliphatic rings. The average molecular weight is 334 g/mol. The van der Waals surface area contributed by atoms with E-state index >= 15 is 0 Å². The fraction of sp³-hybridized carbons (Fsp3) is 0.538. The van der Waals surface area contributed by atoms with Gasteiger partial charge in [0.25, 0.3) is 0 Å². The van der Waals surface area contributed by atoms with Gasteiger partial charge in [-0.25, -0.2) is 13.1 Å². The van der Waals surface area contributed by atoms with Crippen LogP contribution in [-0.4, -0.2) is 25.5 Å². The molecule has 1 aromatic carbocycles. The van der Waals surface area contributed by atoms with E-state index in [2.05, 4.69) is 20.7 Å². The predicted octanol–water partition coefficient (Wildman–Crippen LogP) is 2.57. The smallest absolute Gasteiger partial charge is 0.212 e. The zero-order valence-electron chi connectivity index (χ0n) is 10.8. The number of sulfonamides is 1. The molecule has 3 nitrogen and oxygen atoms in total. The van der Waals surface area contributed by atoms with Gasteiger partial charge in [-0.05, 0) is 17.9 Å². The van der Waals surface area contributed by atoms with E-state index in [9.17, 15) is 8.42 Å². The zero-order chi connectivity index (χ0) is 13.6. The van der Waals surface area contributed by atoms with Gasteiger partial charge in [0.15, 0.2) is 0 Å². The number of rotatable bonds is 7. The predicted molar refractivity (Wildman–Crippen MR) is 79.5 cm³/mol.